The third-order valence-electron chi connectivity index (χ3n) is 2.69. The maximum atomic E-state index is 11.7. The standard InChI is InChI=1S/C11H19N3O/c1-4-9(2)13-11(15)10(3)14-7-5-12-6-8-14/h1,9-10,12H,5-8H2,2-3H3,(H,13,15). The monoisotopic (exact) mass is 209 g/mol. The van der Waals surface area contributed by atoms with Gasteiger partial charge in [-0.3, -0.25) is 9.69 Å². The lowest BCUT2D eigenvalue weighted by molar-refractivity contribution is -0.126. The summed E-state index contributed by atoms with van der Waals surface area (Å²) in [6, 6.07) is -0.286. The average molecular weight is 209 g/mol. The fourth-order valence-corrected chi connectivity index (χ4v) is 1.61. The topological polar surface area (TPSA) is 44.4 Å². The summed E-state index contributed by atoms with van der Waals surface area (Å²) in [6.07, 6.45) is 5.21. The molecule has 1 aliphatic rings. The first-order valence-corrected chi connectivity index (χ1v) is 5.36. The minimum atomic E-state index is -0.192. The number of carbonyl (C=O) groups is 1. The van der Waals surface area contributed by atoms with Crippen LogP contribution in [0.3, 0.4) is 0 Å². The Balaban J connectivity index is 2.41. The predicted molar refractivity (Wildman–Crippen MR) is 60.3 cm³/mol. The van der Waals surface area contributed by atoms with Gasteiger partial charge in [-0.05, 0) is 13.8 Å². The lowest BCUT2D eigenvalue weighted by atomic mass is 10.2. The Kier molecular flexibility index (Phi) is 4.60. The lowest BCUT2D eigenvalue weighted by Crippen LogP contribution is -2.53. The SMILES string of the molecule is C#CC(C)NC(=O)C(C)N1CCNCC1. The zero-order valence-corrected chi connectivity index (χ0v) is 9.42. The van der Waals surface area contributed by atoms with Crippen molar-refractivity contribution in [3.05, 3.63) is 0 Å². The molecule has 0 radical (unpaired) electrons. The van der Waals surface area contributed by atoms with Gasteiger partial charge in [-0.15, -0.1) is 6.42 Å². The van der Waals surface area contributed by atoms with Crippen LogP contribution in [0.25, 0.3) is 0 Å². The molecule has 1 heterocycles. The van der Waals surface area contributed by atoms with Gasteiger partial charge in [0.15, 0.2) is 0 Å². The molecule has 84 valence electrons. The Bertz CT molecular complexity index is 253. The van der Waals surface area contributed by atoms with Crippen molar-refractivity contribution < 1.29 is 4.79 Å². The summed E-state index contributed by atoms with van der Waals surface area (Å²) in [5.41, 5.74) is 0. The zero-order chi connectivity index (χ0) is 11.3. The van der Waals surface area contributed by atoms with E-state index in [4.69, 9.17) is 6.42 Å². The van der Waals surface area contributed by atoms with E-state index >= 15 is 0 Å². The molecule has 4 heteroatoms. The van der Waals surface area contributed by atoms with Crippen LogP contribution in [0.5, 0.6) is 0 Å². The fraction of sp³-hybridized carbons (Fsp3) is 0.727. The molecule has 0 aromatic heterocycles. The van der Waals surface area contributed by atoms with E-state index in [0.29, 0.717) is 0 Å². The summed E-state index contributed by atoms with van der Waals surface area (Å²) in [4.78, 5) is 13.9. The number of nitrogens with one attached hydrogen (secondary N) is 2. The van der Waals surface area contributed by atoms with Crippen molar-refractivity contribution >= 4 is 5.91 Å². The van der Waals surface area contributed by atoms with Gasteiger partial charge in [0.05, 0.1) is 12.1 Å². The number of hydrogen-bond donors (Lipinski definition) is 2. The number of terminal acetylenes is 1. The van der Waals surface area contributed by atoms with Crippen molar-refractivity contribution in [3.63, 3.8) is 0 Å². The second-order valence-electron chi connectivity index (χ2n) is 3.86. The number of carbonyl (C=O) groups excluding carboxylic acids is 1. The Hall–Kier alpha value is -1.05. The molecule has 0 spiro atoms. The molecular formula is C11H19N3O. The highest BCUT2D eigenvalue weighted by Crippen LogP contribution is 2.01. The third kappa shape index (κ3) is 3.54. The maximum Gasteiger partial charge on any atom is 0.238 e. The molecule has 2 N–H and O–H groups in total. The minimum Gasteiger partial charge on any atom is -0.341 e. The number of piperazine rings is 1. The number of hydrogen-bond acceptors (Lipinski definition) is 3. The van der Waals surface area contributed by atoms with Crippen molar-refractivity contribution in [1.29, 1.82) is 0 Å². The van der Waals surface area contributed by atoms with Crippen LogP contribution < -0.4 is 10.6 Å². The normalized spacial score (nSPS) is 21.4. The Morgan fingerprint density at radius 2 is 2.07 bits per heavy atom. The van der Waals surface area contributed by atoms with Crippen LogP contribution >= 0.6 is 0 Å². The van der Waals surface area contributed by atoms with Crippen molar-refractivity contribution in [1.82, 2.24) is 15.5 Å². The van der Waals surface area contributed by atoms with E-state index in [9.17, 15) is 4.79 Å². The van der Waals surface area contributed by atoms with Gasteiger partial charge in [0.25, 0.3) is 0 Å². The first-order chi connectivity index (χ1) is 7.15. The first kappa shape index (κ1) is 12.0. The molecule has 2 atom stereocenters. The second kappa shape index (κ2) is 5.74. The minimum absolute atomic E-state index is 0.0161. The summed E-state index contributed by atoms with van der Waals surface area (Å²) in [7, 11) is 0. The number of rotatable bonds is 3. The van der Waals surface area contributed by atoms with Gasteiger partial charge in [-0.2, -0.15) is 0 Å². The molecule has 0 saturated carbocycles. The van der Waals surface area contributed by atoms with Gasteiger partial charge in [0.1, 0.15) is 0 Å². The van der Waals surface area contributed by atoms with Crippen LogP contribution in [0.1, 0.15) is 13.8 Å². The van der Waals surface area contributed by atoms with E-state index in [1.165, 1.54) is 0 Å². The highest BCUT2D eigenvalue weighted by Gasteiger charge is 2.22. The van der Waals surface area contributed by atoms with Crippen molar-refractivity contribution in [2.45, 2.75) is 25.9 Å². The van der Waals surface area contributed by atoms with Crippen LogP contribution in [0.4, 0.5) is 0 Å². The summed E-state index contributed by atoms with van der Waals surface area (Å²) in [5, 5.41) is 6.04. The summed E-state index contributed by atoms with van der Waals surface area (Å²) >= 11 is 0. The fourth-order valence-electron chi connectivity index (χ4n) is 1.61. The van der Waals surface area contributed by atoms with E-state index in [1.807, 2.05) is 13.8 Å². The predicted octanol–water partition coefficient (Wildman–Crippen LogP) is -0.582. The summed E-state index contributed by atoms with van der Waals surface area (Å²) < 4.78 is 0. The quantitative estimate of drug-likeness (QED) is 0.611. The van der Waals surface area contributed by atoms with Gasteiger partial charge in [0, 0.05) is 26.2 Å². The van der Waals surface area contributed by atoms with Crippen molar-refractivity contribution in [3.8, 4) is 12.3 Å². The smallest absolute Gasteiger partial charge is 0.238 e. The Morgan fingerprint density at radius 3 is 2.60 bits per heavy atom. The Labute approximate surface area is 91.4 Å². The molecule has 0 aliphatic carbocycles. The number of nitrogens with zero attached hydrogens (tertiary/aromatic N) is 1. The largest absolute Gasteiger partial charge is 0.341 e. The molecule has 1 amide bonds. The van der Waals surface area contributed by atoms with Crippen LogP contribution in [0, 0.1) is 12.3 Å². The van der Waals surface area contributed by atoms with Gasteiger partial charge < -0.3 is 10.6 Å². The number of amides is 1. The molecule has 15 heavy (non-hydrogen) atoms. The van der Waals surface area contributed by atoms with Gasteiger partial charge in [0.2, 0.25) is 5.91 Å². The molecule has 0 aromatic rings. The second-order valence-corrected chi connectivity index (χ2v) is 3.86. The van der Waals surface area contributed by atoms with Crippen LogP contribution in [-0.4, -0.2) is 49.1 Å². The molecule has 4 nitrogen and oxygen atoms in total. The molecule has 1 saturated heterocycles. The van der Waals surface area contributed by atoms with Crippen molar-refractivity contribution in [2.24, 2.45) is 0 Å². The highest BCUT2D eigenvalue weighted by atomic mass is 16.2. The van der Waals surface area contributed by atoms with E-state index in [0.717, 1.165) is 26.2 Å². The zero-order valence-electron chi connectivity index (χ0n) is 9.42. The van der Waals surface area contributed by atoms with Gasteiger partial charge in [-0.1, -0.05) is 5.92 Å². The molecule has 1 aliphatic heterocycles. The lowest BCUT2D eigenvalue weighted by Gasteiger charge is -2.32. The highest BCUT2D eigenvalue weighted by molar-refractivity contribution is 5.81. The first-order valence-electron chi connectivity index (χ1n) is 5.36. The summed E-state index contributed by atoms with van der Waals surface area (Å²) in [6.45, 7) is 7.45. The third-order valence-corrected chi connectivity index (χ3v) is 2.69. The molecule has 0 bridgehead atoms. The molecule has 1 fully saturated rings. The van der Waals surface area contributed by atoms with E-state index in [1.54, 1.807) is 0 Å². The molecular weight excluding hydrogens is 190 g/mol. The van der Waals surface area contributed by atoms with Crippen molar-refractivity contribution in [2.75, 3.05) is 26.2 Å². The average Bonchev–Trinajstić information content (AvgIpc) is 2.29. The summed E-state index contributed by atoms with van der Waals surface area (Å²) in [5.74, 6) is 2.51. The van der Waals surface area contributed by atoms with E-state index in [-0.39, 0.29) is 18.0 Å². The van der Waals surface area contributed by atoms with Crippen LogP contribution in [-0.2, 0) is 4.79 Å². The van der Waals surface area contributed by atoms with E-state index < -0.39 is 0 Å². The molecule has 2 unspecified atom stereocenters. The van der Waals surface area contributed by atoms with Gasteiger partial charge in [-0.25, -0.2) is 0 Å². The van der Waals surface area contributed by atoms with E-state index in [2.05, 4.69) is 21.5 Å². The van der Waals surface area contributed by atoms with Gasteiger partial charge >= 0.3 is 0 Å². The Morgan fingerprint density at radius 1 is 1.47 bits per heavy atom. The van der Waals surface area contributed by atoms with Crippen LogP contribution in [0.15, 0.2) is 0 Å². The maximum absolute atomic E-state index is 11.7. The molecule has 1 rings (SSSR count). The van der Waals surface area contributed by atoms with Crippen LogP contribution in [0.2, 0.25) is 0 Å². The molecule has 0 aromatic carbocycles.